The summed E-state index contributed by atoms with van der Waals surface area (Å²) < 4.78 is 5.42. The van der Waals surface area contributed by atoms with Crippen molar-refractivity contribution in [1.29, 1.82) is 0 Å². The van der Waals surface area contributed by atoms with Gasteiger partial charge in [0.25, 0.3) is 0 Å². The van der Waals surface area contributed by atoms with Gasteiger partial charge in [-0.25, -0.2) is 0 Å². The van der Waals surface area contributed by atoms with Gasteiger partial charge in [0, 0.05) is 6.54 Å². The van der Waals surface area contributed by atoms with E-state index in [-0.39, 0.29) is 0 Å². The monoisotopic (exact) mass is 205 g/mol. The van der Waals surface area contributed by atoms with Crippen LogP contribution in [0.3, 0.4) is 0 Å². The zero-order valence-corrected chi connectivity index (χ0v) is 10.1. The Morgan fingerprint density at radius 3 is 2.54 bits per heavy atom. The summed E-state index contributed by atoms with van der Waals surface area (Å²) in [5.41, 5.74) is 0. The van der Waals surface area contributed by atoms with Crippen LogP contribution >= 0.6 is 11.8 Å². The predicted octanol–water partition coefficient (Wildman–Crippen LogP) is 2.00. The molecule has 0 heterocycles. The van der Waals surface area contributed by atoms with Crippen LogP contribution in [0.25, 0.3) is 0 Å². The SMILES string of the molecule is CSCC(C)CNCCOC(C)C. The van der Waals surface area contributed by atoms with Gasteiger partial charge in [0.15, 0.2) is 0 Å². The molecule has 0 aromatic heterocycles. The summed E-state index contributed by atoms with van der Waals surface area (Å²) >= 11 is 1.91. The fourth-order valence-electron chi connectivity index (χ4n) is 1.06. The molecule has 0 saturated heterocycles. The first-order chi connectivity index (χ1) is 6.16. The van der Waals surface area contributed by atoms with Crippen LogP contribution in [0.15, 0.2) is 0 Å². The van der Waals surface area contributed by atoms with E-state index in [0.717, 1.165) is 25.6 Å². The highest BCUT2D eigenvalue weighted by molar-refractivity contribution is 7.98. The van der Waals surface area contributed by atoms with Crippen LogP contribution in [0.2, 0.25) is 0 Å². The molecular weight excluding hydrogens is 182 g/mol. The molecule has 0 aliphatic carbocycles. The lowest BCUT2D eigenvalue weighted by atomic mass is 10.2. The third-order valence-corrected chi connectivity index (χ3v) is 2.58. The Hall–Kier alpha value is 0.270. The molecule has 0 fully saturated rings. The molecule has 3 heteroatoms. The second-order valence-electron chi connectivity index (χ2n) is 3.68. The van der Waals surface area contributed by atoms with Crippen LogP contribution in [0.1, 0.15) is 20.8 Å². The Bertz CT molecular complexity index is 109. The zero-order chi connectivity index (χ0) is 10.1. The van der Waals surface area contributed by atoms with Crippen molar-refractivity contribution < 1.29 is 4.74 Å². The van der Waals surface area contributed by atoms with E-state index in [1.165, 1.54) is 5.75 Å². The lowest BCUT2D eigenvalue weighted by molar-refractivity contribution is 0.0806. The minimum Gasteiger partial charge on any atom is -0.377 e. The van der Waals surface area contributed by atoms with Crippen LogP contribution in [0.5, 0.6) is 0 Å². The van der Waals surface area contributed by atoms with Gasteiger partial charge in [-0.1, -0.05) is 6.92 Å². The maximum absolute atomic E-state index is 5.42. The topological polar surface area (TPSA) is 21.3 Å². The normalized spacial score (nSPS) is 13.6. The maximum atomic E-state index is 5.42. The molecular formula is C10H23NOS. The molecule has 0 spiro atoms. The van der Waals surface area contributed by atoms with Gasteiger partial charge in [-0.05, 0) is 38.3 Å². The van der Waals surface area contributed by atoms with Crippen LogP contribution in [0, 0.1) is 5.92 Å². The zero-order valence-electron chi connectivity index (χ0n) is 9.30. The van der Waals surface area contributed by atoms with E-state index in [4.69, 9.17) is 4.74 Å². The Morgan fingerprint density at radius 2 is 2.00 bits per heavy atom. The summed E-state index contributed by atoms with van der Waals surface area (Å²) in [7, 11) is 0. The number of ether oxygens (including phenoxy) is 1. The summed E-state index contributed by atoms with van der Waals surface area (Å²) in [6, 6.07) is 0. The Labute approximate surface area is 86.8 Å². The second kappa shape index (κ2) is 8.85. The fourth-order valence-corrected chi connectivity index (χ4v) is 1.75. The van der Waals surface area contributed by atoms with E-state index in [1.54, 1.807) is 0 Å². The molecule has 2 nitrogen and oxygen atoms in total. The Kier molecular flexibility index (Phi) is 9.03. The average Bonchev–Trinajstić information content (AvgIpc) is 2.03. The largest absolute Gasteiger partial charge is 0.377 e. The molecule has 0 amide bonds. The lowest BCUT2D eigenvalue weighted by Crippen LogP contribution is -2.26. The number of hydrogen-bond acceptors (Lipinski definition) is 3. The Balaban J connectivity index is 3.06. The first-order valence-electron chi connectivity index (χ1n) is 4.98. The van der Waals surface area contributed by atoms with Gasteiger partial charge in [0.2, 0.25) is 0 Å². The van der Waals surface area contributed by atoms with Gasteiger partial charge in [-0.15, -0.1) is 0 Å². The summed E-state index contributed by atoms with van der Waals surface area (Å²) in [5.74, 6) is 1.99. The van der Waals surface area contributed by atoms with E-state index < -0.39 is 0 Å². The molecule has 0 aromatic rings. The molecule has 0 aromatic carbocycles. The fraction of sp³-hybridized carbons (Fsp3) is 1.00. The van der Waals surface area contributed by atoms with E-state index >= 15 is 0 Å². The van der Waals surface area contributed by atoms with Crippen LogP contribution < -0.4 is 5.32 Å². The van der Waals surface area contributed by atoms with Gasteiger partial charge in [0.1, 0.15) is 0 Å². The lowest BCUT2D eigenvalue weighted by Gasteiger charge is -2.12. The minimum atomic E-state index is 0.352. The van der Waals surface area contributed by atoms with Gasteiger partial charge >= 0.3 is 0 Å². The average molecular weight is 205 g/mol. The first-order valence-corrected chi connectivity index (χ1v) is 6.37. The minimum absolute atomic E-state index is 0.352. The van der Waals surface area contributed by atoms with Gasteiger partial charge in [0.05, 0.1) is 12.7 Å². The summed E-state index contributed by atoms with van der Waals surface area (Å²) in [6.07, 6.45) is 2.50. The van der Waals surface area contributed by atoms with E-state index in [9.17, 15) is 0 Å². The summed E-state index contributed by atoms with van der Waals surface area (Å²) in [5, 5.41) is 3.39. The standard InChI is InChI=1S/C10H23NOS/c1-9(2)12-6-5-11-7-10(3)8-13-4/h9-11H,5-8H2,1-4H3. The van der Waals surface area contributed by atoms with Crippen molar-refractivity contribution in [3.63, 3.8) is 0 Å². The first kappa shape index (κ1) is 13.3. The molecule has 0 aliphatic heterocycles. The highest BCUT2D eigenvalue weighted by atomic mass is 32.2. The van der Waals surface area contributed by atoms with Crippen molar-refractivity contribution in [2.45, 2.75) is 26.9 Å². The quantitative estimate of drug-likeness (QED) is 0.612. The molecule has 13 heavy (non-hydrogen) atoms. The molecule has 0 rings (SSSR count). The second-order valence-corrected chi connectivity index (χ2v) is 4.59. The van der Waals surface area contributed by atoms with E-state index in [0.29, 0.717) is 6.10 Å². The van der Waals surface area contributed by atoms with Crippen molar-refractivity contribution in [1.82, 2.24) is 5.32 Å². The van der Waals surface area contributed by atoms with Crippen molar-refractivity contribution in [3.8, 4) is 0 Å². The van der Waals surface area contributed by atoms with Crippen molar-refractivity contribution in [3.05, 3.63) is 0 Å². The van der Waals surface area contributed by atoms with Crippen LogP contribution in [0.4, 0.5) is 0 Å². The van der Waals surface area contributed by atoms with Gasteiger partial charge in [-0.2, -0.15) is 11.8 Å². The smallest absolute Gasteiger partial charge is 0.0594 e. The van der Waals surface area contributed by atoms with Crippen molar-refractivity contribution in [2.75, 3.05) is 31.7 Å². The van der Waals surface area contributed by atoms with Crippen LogP contribution in [-0.4, -0.2) is 37.8 Å². The summed E-state index contributed by atoms with van der Waals surface area (Å²) in [4.78, 5) is 0. The van der Waals surface area contributed by atoms with Crippen molar-refractivity contribution >= 4 is 11.8 Å². The highest BCUT2D eigenvalue weighted by Crippen LogP contribution is 2.02. The van der Waals surface area contributed by atoms with Gasteiger partial charge < -0.3 is 10.1 Å². The number of hydrogen-bond donors (Lipinski definition) is 1. The molecule has 0 bridgehead atoms. The number of rotatable bonds is 8. The third kappa shape index (κ3) is 10.2. The van der Waals surface area contributed by atoms with E-state index in [2.05, 4.69) is 32.3 Å². The molecule has 80 valence electrons. The molecule has 1 N–H and O–H groups in total. The van der Waals surface area contributed by atoms with Crippen molar-refractivity contribution in [2.24, 2.45) is 5.92 Å². The highest BCUT2D eigenvalue weighted by Gasteiger charge is 1.99. The number of nitrogens with one attached hydrogen (secondary N) is 1. The molecule has 0 saturated carbocycles. The molecule has 1 atom stereocenters. The maximum Gasteiger partial charge on any atom is 0.0594 e. The molecule has 1 unspecified atom stereocenters. The van der Waals surface area contributed by atoms with E-state index in [1.807, 2.05) is 11.8 Å². The summed E-state index contributed by atoms with van der Waals surface area (Å²) in [6.45, 7) is 9.29. The van der Waals surface area contributed by atoms with Gasteiger partial charge in [-0.3, -0.25) is 0 Å². The Morgan fingerprint density at radius 1 is 1.31 bits per heavy atom. The molecule has 0 radical (unpaired) electrons. The predicted molar refractivity (Wildman–Crippen MR) is 61.5 cm³/mol. The third-order valence-electron chi connectivity index (χ3n) is 1.67. The number of thioether (sulfide) groups is 1. The molecule has 0 aliphatic rings. The van der Waals surface area contributed by atoms with Crippen LogP contribution in [-0.2, 0) is 4.74 Å².